The van der Waals surface area contributed by atoms with Gasteiger partial charge in [0.15, 0.2) is 4.90 Å². The van der Waals surface area contributed by atoms with Crippen molar-refractivity contribution in [3.8, 4) is 0 Å². The first-order chi connectivity index (χ1) is 6.99. The van der Waals surface area contributed by atoms with Crippen molar-refractivity contribution in [2.24, 2.45) is 0 Å². The smallest absolute Gasteiger partial charge is 0.313 e. The third kappa shape index (κ3) is 2.16. The fraction of sp³-hybridized carbons (Fsp3) is 0.429. The molecular weight excluding hydrogens is 222 g/mol. The topological polar surface area (TPSA) is 112 Å². The highest BCUT2D eigenvalue weighted by atomic mass is 32.2. The van der Waals surface area contributed by atoms with Gasteiger partial charge in [-0.25, -0.2) is 17.9 Å². The van der Waals surface area contributed by atoms with Gasteiger partial charge < -0.3 is 4.98 Å². The number of nitrogens with one attached hydrogen (secondary N) is 3. The van der Waals surface area contributed by atoms with E-state index >= 15 is 0 Å². The average Bonchev–Trinajstić information content (AvgIpc) is 2.86. The molecule has 15 heavy (non-hydrogen) atoms. The van der Waals surface area contributed by atoms with Crippen molar-refractivity contribution in [2.75, 3.05) is 0 Å². The molecule has 1 aliphatic rings. The van der Waals surface area contributed by atoms with Crippen LogP contribution < -0.4 is 16.0 Å². The molecule has 8 heteroatoms. The van der Waals surface area contributed by atoms with Crippen molar-refractivity contribution in [1.82, 2.24) is 14.7 Å². The van der Waals surface area contributed by atoms with Gasteiger partial charge in [0.1, 0.15) is 0 Å². The molecule has 0 radical (unpaired) electrons. The number of hydrogen-bond acceptors (Lipinski definition) is 4. The highest BCUT2D eigenvalue weighted by molar-refractivity contribution is 7.89. The summed E-state index contributed by atoms with van der Waals surface area (Å²) in [4.78, 5) is 25.4. The maximum Gasteiger partial charge on any atom is 0.325 e. The van der Waals surface area contributed by atoms with Crippen LogP contribution in [0.15, 0.2) is 20.7 Å². The summed E-state index contributed by atoms with van der Waals surface area (Å²) in [5, 5.41) is 0. The predicted molar refractivity (Wildman–Crippen MR) is 51.0 cm³/mol. The Hall–Kier alpha value is -1.41. The molecule has 0 unspecified atom stereocenters. The Balaban J connectivity index is 2.43. The van der Waals surface area contributed by atoms with E-state index in [4.69, 9.17) is 0 Å². The summed E-state index contributed by atoms with van der Waals surface area (Å²) in [6, 6.07) is -0.0821. The van der Waals surface area contributed by atoms with Crippen molar-refractivity contribution >= 4 is 10.0 Å². The third-order valence-electron chi connectivity index (χ3n) is 1.97. The lowest BCUT2D eigenvalue weighted by Gasteiger charge is -2.02. The van der Waals surface area contributed by atoms with Crippen LogP contribution in [0.5, 0.6) is 0 Å². The highest BCUT2D eigenvalue weighted by Gasteiger charge is 2.29. The van der Waals surface area contributed by atoms with E-state index in [1.165, 1.54) is 0 Å². The summed E-state index contributed by atoms with van der Waals surface area (Å²) >= 11 is 0. The molecule has 0 aliphatic heterocycles. The number of aromatic nitrogens is 2. The minimum Gasteiger partial charge on any atom is -0.313 e. The van der Waals surface area contributed by atoms with Crippen molar-refractivity contribution in [3.05, 3.63) is 27.0 Å². The lowest BCUT2D eigenvalue weighted by molar-refractivity contribution is 0.578. The second-order valence-corrected chi connectivity index (χ2v) is 5.01. The molecule has 1 aromatic heterocycles. The molecule has 1 aliphatic carbocycles. The summed E-state index contributed by atoms with van der Waals surface area (Å²) in [6.45, 7) is 0. The number of sulfonamides is 1. The van der Waals surface area contributed by atoms with Crippen LogP contribution in [0.1, 0.15) is 12.8 Å². The molecule has 2 rings (SSSR count). The van der Waals surface area contributed by atoms with Gasteiger partial charge in [-0.1, -0.05) is 0 Å². The molecule has 0 aromatic carbocycles. The van der Waals surface area contributed by atoms with Gasteiger partial charge in [-0.3, -0.25) is 9.78 Å². The largest absolute Gasteiger partial charge is 0.325 e. The minimum absolute atomic E-state index is 0.0821. The van der Waals surface area contributed by atoms with Crippen LogP contribution in [0.25, 0.3) is 0 Å². The van der Waals surface area contributed by atoms with Crippen LogP contribution in [0.4, 0.5) is 0 Å². The Morgan fingerprint density at radius 1 is 1.33 bits per heavy atom. The van der Waals surface area contributed by atoms with Gasteiger partial charge in [0.25, 0.3) is 5.56 Å². The molecule has 7 nitrogen and oxygen atoms in total. The van der Waals surface area contributed by atoms with Gasteiger partial charge in [0.2, 0.25) is 10.0 Å². The van der Waals surface area contributed by atoms with Gasteiger partial charge in [0, 0.05) is 12.2 Å². The maximum atomic E-state index is 11.6. The van der Waals surface area contributed by atoms with E-state index in [-0.39, 0.29) is 6.04 Å². The number of hydrogen-bond donors (Lipinski definition) is 3. The summed E-state index contributed by atoms with van der Waals surface area (Å²) in [5.74, 6) is 0. The molecule has 1 aromatic rings. The van der Waals surface area contributed by atoms with Crippen molar-refractivity contribution in [3.63, 3.8) is 0 Å². The molecule has 0 spiro atoms. The van der Waals surface area contributed by atoms with Crippen LogP contribution in [-0.2, 0) is 10.0 Å². The predicted octanol–water partition coefficient (Wildman–Crippen LogP) is -1.50. The summed E-state index contributed by atoms with van der Waals surface area (Å²) < 4.78 is 25.5. The molecule has 0 bridgehead atoms. The first kappa shape index (κ1) is 10.1. The van der Waals surface area contributed by atoms with E-state index in [0.717, 1.165) is 19.0 Å². The Kier molecular flexibility index (Phi) is 2.24. The summed E-state index contributed by atoms with van der Waals surface area (Å²) in [6.07, 6.45) is 2.45. The van der Waals surface area contributed by atoms with Gasteiger partial charge in [-0.05, 0) is 12.8 Å². The lowest BCUT2D eigenvalue weighted by Crippen LogP contribution is -2.34. The standard InChI is InChI=1S/C7H9N3O4S/c11-6-5(3-8-7(12)9-6)15(13,14)10-4-1-2-4/h3-4,10H,1-2H2,(H2,8,9,11,12). The average molecular weight is 231 g/mol. The van der Waals surface area contributed by atoms with Crippen LogP contribution in [0.2, 0.25) is 0 Å². The fourth-order valence-corrected chi connectivity index (χ4v) is 2.39. The molecule has 0 atom stereocenters. The van der Waals surface area contributed by atoms with Crippen molar-refractivity contribution < 1.29 is 8.42 Å². The normalized spacial score (nSPS) is 16.5. The second kappa shape index (κ2) is 3.31. The fourth-order valence-electron chi connectivity index (χ4n) is 1.08. The summed E-state index contributed by atoms with van der Waals surface area (Å²) in [7, 11) is -3.81. The Morgan fingerprint density at radius 2 is 2.00 bits per heavy atom. The first-order valence-electron chi connectivity index (χ1n) is 4.33. The zero-order valence-corrected chi connectivity index (χ0v) is 8.43. The molecule has 1 fully saturated rings. The zero-order valence-electron chi connectivity index (χ0n) is 7.61. The Morgan fingerprint density at radius 3 is 2.53 bits per heavy atom. The van der Waals surface area contributed by atoms with Crippen molar-refractivity contribution in [2.45, 2.75) is 23.8 Å². The Labute approximate surface area is 84.6 Å². The van der Waals surface area contributed by atoms with E-state index in [1.807, 2.05) is 4.98 Å². The summed E-state index contributed by atoms with van der Waals surface area (Å²) in [5.41, 5.74) is -1.64. The van der Waals surface area contributed by atoms with Gasteiger partial charge in [-0.15, -0.1) is 0 Å². The minimum atomic E-state index is -3.81. The quantitative estimate of drug-likeness (QED) is 0.588. The monoisotopic (exact) mass is 231 g/mol. The molecule has 1 heterocycles. The van der Waals surface area contributed by atoms with E-state index in [1.54, 1.807) is 0 Å². The van der Waals surface area contributed by atoms with Gasteiger partial charge in [0.05, 0.1) is 0 Å². The van der Waals surface area contributed by atoms with E-state index in [0.29, 0.717) is 0 Å². The maximum absolute atomic E-state index is 11.6. The molecule has 82 valence electrons. The van der Waals surface area contributed by atoms with E-state index in [9.17, 15) is 18.0 Å². The van der Waals surface area contributed by atoms with Crippen LogP contribution in [0, 0.1) is 0 Å². The van der Waals surface area contributed by atoms with Crippen LogP contribution in [-0.4, -0.2) is 24.4 Å². The SMILES string of the molecule is O=c1[nH]cc(S(=O)(=O)NC2CC2)c(=O)[nH]1. The van der Waals surface area contributed by atoms with Gasteiger partial charge >= 0.3 is 5.69 Å². The molecule has 3 N–H and O–H groups in total. The lowest BCUT2D eigenvalue weighted by atomic mass is 10.7. The second-order valence-electron chi connectivity index (χ2n) is 3.33. The molecule has 1 saturated carbocycles. The van der Waals surface area contributed by atoms with E-state index in [2.05, 4.69) is 9.71 Å². The number of H-pyrrole nitrogens is 2. The van der Waals surface area contributed by atoms with Crippen molar-refractivity contribution in [1.29, 1.82) is 0 Å². The molecule has 0 amide bonds. The highest BCUT2D eigenvalue weighted by Crippen LogP contribution is 2.20. The van der Waals surface area contributed by atoms with E-state index < -0.39 is 26.2 Å². The molecular formula is C7H9N3O4S. The van der Waals surface area contributed by atoms with Gasteiger partial charge in [-0.2, -0.15) is 0 Å². The first-order valence-corrected chi connectivity index (χ1v) is 5.82. The Bertz CT molecular complexity index is 581. The number of rotatable bonds is 3. The number of aromatic amines is 2. The zero-order chi connectivity index (χ0) is 11.1. The third-order valence-corrected chi connectivity index (χ3v) is 3.50. The molecule has 0 saturated heterocycles. The van der Waals surface area contributed by atoms with Crippen LogP contribution in [0.3, 0.4) is 0 Å². The van der Waals surface area contributed by atoms with Crippen LogP contribution >= 0.6 is 0 Å².